The molecule has 8 nitrogen and oxygen atoms in total. The molecule has 0 amide bonds. The first kappa shape index (κ1) is 22.4. The van der Waals surface area contributed by atoms with Crippen molar-refractivity contribution < 1.29 is 18.6 Å². The molecule has 0 N–H and O–H groups in total. The molecule has 1 saturated carbocycles. The van der Waals surface area contributed by atoms with Gasteiger partial charge < -0.3 is 18.6 Å². The van der Waals surface area contributed by atoms with E-state index in [9.17, 15) is 0 Å². The molecule has 1 aromatic carbocycles. The molecule has 0 aliphatic heterocycles. The highest BCUT2D eigenvalue weighted by atomic mass is 32.1. The minimum absolute atomic E-state index is 0.405. The van der Waals surface area contributed by atoms with Gasteiger partial charge in [-0.15, -0.1) is 16.4 Å². The van der Waals surface area contributed by atoms with Crippen molar-refractivity contribution in [2.75, 3.05) is 14.2 Å². The summed E-state index contributed by atoms with van der Waals surface area (Å²) in [5.74, 6) is 2.60. The van der Waals surface area contributed by atoms with Gasteiger partial charge in [-0.25, -0.2) is 14.5 Å². The summed E-state index contributed by atoms with van der Waals surface area (Å²) in [6.07, 6.45) is 8.27. The Balaban J connectivity index is 1.29. The zero-order chi connectivity index (χ0) is 23.9. The van der Waals surface area contributed by atoms with E-state index in [1.165, 1.54) is 53.3 Å². The third-order valence-corrected chi connectivity index (χ3v) is 8.55. The van der Waals surface area contributed by atoms with Crippen LogP contribution in [0.25, 0.3) is 27.4 Å². The summed E-state index contributed by atoms with van der Waals surface area (Å²) in [6.45, 7) is 2.54. The maximum atomic E-state index is 6.30. The first-order chi connectivity index (χ1) is 17.1. The van der Waals surface area contributed by atoms with Crippen molar-refractivity contribution in [3.05, 3.63) is 40.0 Å². The van der Waals surface area contributed by atoms with Crippen LogP contribution in [0.3, 0.4) is 0 Å². The molecular weight excluding hydrogens is 484 g/mol. The maximum absolute atomic E-state index is 6.30. The molecule has 0 saturated heterocycles. The lowest BCUT2D eigenvalue weighted by Gasteiger charge is -2.18. The standard InChI is InChI=1S/C25H26N4O4S2/c1-14-19(26-23(34-14)15-7-5-4-6-8-15)13-32-20-9-16(30-2)10-21-17(20)11-22(33-21)18-12-29-24(27-18)35-25(28-29)31-3/h9-12,15H,4-8,13H2,1-3H3. The number of thiazole rings is 1. The Morgan fingerprint density at radius 2 is 1.91 bits per heavy atom. The van der Waals surface area contributed by atoms with E-state index in [2.05, 4.69) is 17.0 Å². The molecule has 0 unspecified atom stereocenters. The number of furan rings is 1. The molecule has 0 radical (unpaired) electrons. The number of ether oxygens (including phenoxy) is 3. The summed E-state index contributed by atoms with van der Waals surface area (Å²) in [4.78, 5) is 11.6. The highest BCUT2D eigenvalue weighted by Gasteiger charge is 2.21. The summed E-state index contributed by atoms with van der Waals surface area (Å²) < 4.78 is 24.8. The van der Waals surface area contributed by atoms with Gasteiger partial charge in [0.25, 0.3) is 5.19 Å². The van der Waals surface area contributed by atoms with E-state index in [1.807, 2.05) is 35.7 Å². The van der Waals surface area contributed by atoms with Crippen molar-refractivity contribution in [3.8, 4) is 28.1 Å². The fourth-order valence-electron chi connectivity index (χ4n) is 4.58. The Morgan fingerprint density at radius 3 is 2.69 bits per heavy atom. The van der Waals surface area contributed by atoms with Gasteiger partial charge in [0.2, 0.25) is 4.96 Å². The van der Waals surface area contributed by atoms with E-state index in [-0.39, 0.29) is 0 Å². The fraction of sp³-hybridized carbons (Fsp3) is 0.400. The van der Waals surface area contributed by atoms with Gasteiger partial charge in [0.1, 0.15) is 29.4 Å². The molecule has 35 heavy (non-hydrogen) atoms. The molecule has 1 aliphatic rings. The van der Waals surface area contributed by atoms with Crippen molar-refractivity contribution >= 4 is 38.6 Å². The molecule has 0 atom stereocenters. The number of hydrogen-bond donors (Lipinski definition) is 0. The van der Waals surface area contributed by atoms with Gasteiger partial charge in [-0.1, -0.05) is 19.3 Å². The van der Waals surface area contributed by atoms with Crippen molar-refractivity contribution in [1.82, 2.24) is 19.6 Å². The number of rotatable bonds is 7. The van der Waals surface area contributed by atoms with Gasteiger partial charge in [0.15, 0.2) is 5.76 Å². The SMILES string of the molecule is COc1cc(OCc2nc(C3CCCCC3)sc2C)c2cc(-c3cn4nc(OC)sc4n3)oc2c1. The van der Waals surface area contributed by atoms with Crippen molar-refractivity contribution in [2.24, 2.45) is 0 Å². The molecule has 4 heterocycles. The van der Waals surface area contributed by atoms with E-state index < -0.39 is 0 Å². The lowest BCUT2D eigenvalue weighted by atomic mass is 9.90. The Labute approximate surface area is 210 Å². The Hall–Kier alpha value is -3.11. The monoisotopic (exact) mass is 510 g/mol. The third-order valence-electron chi connectivity index (χ3n) is 6.49. The lowest BCUT2D eigenvalue weighted by Crippen LogP contribution is -2.05. The van der Waals surface area contributed by atoms with Gasteiger partial charge in [-0.2, -0.15) is 0 Å². The zero-order valence-electron chi connectivity index (χ0n) is 19.9. The second kappa shape index (κ2) is 9.16. The second-order valence-electron chi connectivity index (χ2n) is 8.75. The van der Waals surface area contributed by atoms with Gasteiger partial charge in [-0.05, 0) is 37.2 Å². The van der Waals surface area contributed by atoms with Crippen LogP contribution in [0.1, 0.15) is 53.6 Å². The second-order valence-corrected chi connectivity index (χ2v) is 10.9. The van der Waals surface area contributed by atoms with Gasteiger partial charge in [0, 0.05) is 22.9 Å². The van der Waals surface area contributed by atoms with Crippen LogP contribution in [0.2, 0.25) is 0 Å². The fourth-order valence-corrected chi connectivity index (χ4v) is 6.38. The lowest BCUT2D eigenvalue weighted by molar-refractivity contribution is 0.302. The number of nitrogens with zero attached hydrogens (tertiary/aromatic N) is 4. The molecule has 1 aliphatic carbocycles. The number of aryl methyl sites for hydroxylation is 1. The highest BCUT2D eigenvalue weighted by molar-refractivity contribution is 7.18. The Kier molecular flexibility index (Phi) is 5.85. The van der Waals surface area contributed by atoms with Crippen molar-refractivity contribution in [3.63, 3.8) is 0 Å². The molecule has 4 aromatic heterocycles. The topological polar surface area (TPSA) is 83.9 Å². The molecule has 182 valence electrons. The van der Waals surface area contributed by atoms with Crippen molar-refractivity contribution in [1.29, 1.82) is 0 Å². The van der Waals surface area contributed by atoms with Gasteiger partial charge in [0.05, 0.1) is 36.5 Å². The number of benzene rings is 1. The molecule has 1 fully saturated rings. The number of methoxy groups -OCH3 is 2. The maximum Gasteiger partial charge on any atom is 0.294 e. The quantitative estimate of drug-likeness (QED) is 0.243. The number of imidazole rings is 1. The summed E-state index contributed by atoms with van der Waals surface area (Å²) in [5.41, 5.74) is 2.37. The van der Waals surface area contributed by atoms with Crippen LogP contribution in [-0.4, -0.2) is 33.8 Å². The van der Waals surface area contributed by atoms with Crippen LogP contribution >= 0.6 is 22.7 Å². The number of fused-ring (bicyclic) bond motifs is 2. The molecule has 6 rings (SSSR count). The van der Waals surface area contributed by atoms with Crippen LogP contribution in [0.15, 0.2) is 28.8 Å². The Morgan fingerprint density at radius 1 is 1.06 bits per heavy atom. The third kappa shape index (κ3) is 4.25. The van der Waals surface area contributed by atoms with E-state index in [1.54, 1.807) is 18.7 Å². The molecular formula is C25H26N4O4S2. The van der Waals surface area contributed by atoms with E-state index in [0.29, 0.717) is 46.3 Å². The molecule has 10 heteroatoms. The first-order valence-corrected chi connectivity index (χ1v) is 13.4. The Bertz CT molecular complexity index is 1460. The van der Waals surface area contributed by atoms with Crippen LogP contribution in [0.4, 0.5) is 0 Å². The minimum Gasteiger partial charge on any atom is -0.496 e. The highest BCUT2D eigenvalue weighted by Crippen LogP contribution is 2.39. The smallest absolute Gasteiger partial charge is 0.294 e. The first-order valence-electron chi connectivity index (χ1n) is 11.7. The van der Waals surface area contributed by atoms with Gasteiger partial charge >= 0.3 is 0 Å². The summed E-state index contributed by atoms with van der Waals surface area (Å²) in [6, 6.07) is 5.71. The predicted molar refractivity (Wildman–Crippen MR) is 136 cm³/mol. The minimum atomic E-state index is 0.405. The van der Waals surface area contributed by atoms with Crippen LogP contribution in [0, 0.1) is 6.92 Å². The van der Waals surface area contributed by atoms with Crippen LogP contribution < -0.4 is 14.2 Å². The summed E-state index contributed by atoms with van der Waals surface area (Å²) >= 11 is 3.19. The zero-order valence-corrected chi connectivity index (χ0v) is 21.5. The largest absolute Gasteiger partial charge is 0.496 e. The average molecular weight is 511 g/mol. The predicted octanol–water partition coefficient (Wildman–Crippen LogP) is 6.61. The van der Waals surface area contributed by atoms with Crippen LogP contribution in [0.5, 0.6) is 16.7 Å². The van der Waals surface area contributed by atoms with Gasteiger partial charge in [-0.3, -0.25) is 0 Å². The molecule has 5 aromatic rings. The van der Waals surface area contributed by atoms with Crippen molar-refractivity contribution in [2.45, 2.75) is 51.6 Å². The van der Waals surface area contributed by atoms with Crippen LogP contribution in [-0.2, 0) is 6.61 Å². The summed E-state index contributed by atoms with van der Waals surface area (Å²) in [5, 5.41) is 7.02. The number of aromatic nitrogens is 4. The molecule has 0 bridgehead atoms. The van der Waals surface area contributed by atoms with E-state index >= 15 is 0 Å². The average Bonchev–Trinajstić information content (AvgIpc) is 3.64. The van der Waals surface area contributed by atoms with E-state index in [4.69, 9.17) is 23.6 Å². The normalized spacial score (nSPS) is 14.7. The molecule has 0 spiro atoms. The summed E-state index contributed by atoms with van der Waals surface area (Å²) in [7, 11) is 3.23. The number of hydrogen-bond acceptors (Lipinski definition) is 9. The van der Waals surface area contributed by atoms with E-state index in [0.717, 1.165) is 16.0 Å².